The van der Waals surface area contributed by atoms with E-state index in [0.717, 1.165) is 12.8 Å². The third kappa shape index (κ3) is 4.98. The second-order valence-electron chi connectivity index (χ2n) is 5.27. The maximum atomic E-state index is 12.2. The minimum absolute atomic E-state index is 0.139. The summed E-state index contributed by atoms with van der Waals surface area (Å²) in [6, 6.07) is 11.3. The van der Waals surface area contributed by atoms with Crippen molar-refractivity contribution in [3.8, 4) is 0 Å². The summed E-state index contributed by atoms with van der Waals surface area (Å²) in [5.41, 5.74) is 1.53. The van der Waals surface area contributed by atoms with Crippen molar-refractivity contribution in [3.63, 3.8) is 0 Å². The molecule has 0 aromatic heterocycles. The van der Waals surface area contributed by atoms with Crippen LogP contribution in [-0.2, 0) is 0 Å². The summed E-state index contributed by atoms with van der Waals surface area (Å²) in [6.45, 7) is 2.71. The van der Waals surface area contributed by atoms with Gasteiger partial charge in [-0.05, 0) is 48.9 Å². The van der Waals surface area contributed by atoms with Crippen molar-refractivity contribution in [2.45, 2.75) is 19.8 Å². The predicted molar refractivity (Wildman–Crippen MR) is 98.1 cm³/mol. The van der Waals surface area contributed by atoms with Gasteiger partial charge in [0, 0.05) is 23.4 Å². The van der Waals surface area contributed by atoms with Crippen LogP contribution < -0.4 is 10.6 Å². The van der Waals surface area contributed by atoms with Gasteiger partial charge in [-0.1, -0.05) is 36.5 Å². The van der Waals surface area contributed by atoms with Gasteiger partial charge < -0.3 is 10.6 Å². The molecule has 126 valence electrons. The van der Waals surface area contributed by atoms with Crippen LogP contribution in [0.1, 0.15) is 40.5 Å². The lowest BCUT2D eigenvalue weighted by atomic mass is 10.1. The highest BCUT2D eigenvalue weighted by Gasteiger charge is 2.10. The Morgan fingerprint density at radius 3 is 2.12 bits per heavy atom. The standard InChI is InChI=1S/C18H18Cl2N2O2/c1-2-3-10-21-17(23)12-4-6-13(7-5-12)18(24)22-14-8-9-15(19)16(20)11-14/h4-9,11H,2-3,10H2,1H3,(H,21,23)(H,22,24). The molecular weight excluding hydrogens is 347 g/mol. The van der Waals surface area contributed by atoms with Crippen molar-refractivity contribution in [1.82, 2.24) is 5.32 Å². The largest absolute Gasteiger partial charge is 0.352 e. The molecule has 0 aliphatic rings. The van der Waals surface area contributed by atoms with Crippen LogP contribution in [0.4, 0.5) is 5.69 Å². The fourth-order valence-electron chi connectivity index (χ4n) is 2.03. The van der Waals surface area contributed by atoms with Gasteiger partial charge in [-0.2, -0.15) is 0 Å². The molecule has 0 unspecified atom stereocenters. The molecular formula is C18H18Cl2N2O2. The van der Waals surface area contributed by atoms with Crippen LogP contribution in [0.15, 0.2) is 42.5 Å². The zero-order valence-corrected chi connectivity index (χ0v) is 14.7. The molecule has 0 aliphatic carbocycles. The minimum Gasteiger partial charge on any atom is -0.352 e. The maximum absolute atomic E-state index is 12.2. The molecule has 0 atom stereocenters. The molecule has 0 spiro atoms. The highest BCUT2D eigenvalue weighted by Crippen LogP contribution is 2.25. The van der Waals surface area contributed by atoms with E-state index >= 15 is 0 Å². The zero-order valence-electron chi connectivity index (χ0n) is 13.2. The topological polar surface area (TPSA) is 58.2 Å². The average molecular weight is 365 g/mol. The van der Waals surface area contributed by atoms with E-state index in [4.69, 9.17) is 23.2 Å². The van der Waals surface area contributed by atoms with Crippen LogP contribution in [0.25, 0.3) is 0 Å². The molecule has 0 saturated heterocycles. The Balaban J connectivity index is 2.00. The van der Waals surface area contributed by atoms with E-state index in [2.05, 4.69) is 17.6 Å². The summed E-state index contributed by atoms with van der Waals surface area (Å²) in [4.78, 5) is 24.1. The van der Waals surface area contributed by atoms with Gasteiger partial charge in [0.05, 0.1) is 10.0 Å². The molecule has 2 aromatic rings. The van der Waals surface area contributed by atoms with Crippen LogP contribution in [0.5, 0.6) is 0 Å². The molecule has 0 fully saturated rings. The van der Waals surface area contributed by atoms with E-state index in [1.807, 2.05) is 0 Å². The first kappa shape index (κ1) is 18.3. The van der Waals surface area contributed by atoms with E-state index in [1.165, 1.54) is 0 Å². The highest BCUT2D eigenvalue weighted by atomic mass is 35.5. The van der Waals surface area contributed by atoms with Crippen molar-refractivity contribution in [2.24, 2.45) is 0 Å². The van der Waals surface area contributed by atoms with Gasteiger partial charge in [0.25, 0.3) is 11.8 Å². The number of rotatable bonds is 6. The molecule has 2 N–H and O–H groups in total. The quantitative estimate of drug-likeness (QED) is 0.724. The number of hydrogen-bond acceptors (Lipinski definition) is 2. The van der Waals surface area contributed by atoms with Crippen LogP contribution >= 0.6 is 23.2 Å². The maximum Gasteiger partial charge on any atom is 0.255 e. The Bertz CT molecular complexity index is 730. The fraction of sp³-hybridized carbons (Fsp3) is 0.222. The number of unbranched alkanes of at least 4 members (excludes halogenated alkanes) is 1. The van der Waals surface area contributed by atoms with E-state index < -0.39 is 0 Å². The predicted octanol–water partition coefficient (Wildman–Crippen LogP) is 4.78. The van der Waals surface area contributed by atoms with Gasteiger partial charge in [-0.3, -0.25) is 9.59 Å². The number of carbonyl (C=O) groups excluding carboxylic acids is 2. The van der Waals surface area contributed by atoms with E-state index in [-0.39, 0.29) is 11.8 Å². The molecule has 0 radical (unpaired) electrons. The molecule has 0 aliphatic heterocycles. The van der Waals surface area contributed by atoms with Crippen molar-refractivity contribution in [1.29, 1.82) is 0 Å². The van der Waals surface area contributed by atoms with Gasteiger partial charge in [0.2, 0.25) is 0 Å². The lowest BCUT2D eigenvalue weighted by molar-refractivity contribution is 0.0951. The monoisotopic (exact) mass is 364 g/mol. The van der Waals surface area contributed by atoms with Crippen molar-refractivity contribution < 1.29 is 9.59 Å². The molecule has 24 heavy (non-hydrogen) atoms. The molecule has 2 aromatic carbocycles. The normalized spacial score (nSPS) is 10.3. The minimum atomic E-state index is -0.286. The summed E-state index contributed by atoms with van der Waals surface area (Å²) >= 11 is 11.8. The zero-order chi connectivity index (χ0) is 17.5. The van der Waals surface area contributed by atoms with Crippen molar-refractivity contribution in [3.05, 3.63) is 63.6 Å². The highest BCUT2D eigenvalue weighted by molar-refractivity contribution is 6.42. The van der Waals surface area contributed by atoms with Crippen LogP contribution in [0.2, 0.25) is 10.0 Å². The van der Waals surface area contributed by atoms with Crippen molar-refractivity contribution in [2.75, 3.05) is 11.9 Å². The first-order valence-electron chi connectivity index (χ1n) is 7.66. The summed E-state index contributed by atoms with van der Waals surface area (Å²) in [7, 11) is 0. The Morgan fingerprint density at radius 2 is 1.54 bits per heavy atom. The van der Waals surface area contributed by atoms with Gasteiger partial charge in [0.1, 0.15) is 0 Å². The number of anilines is 1. The van der Waals surface area contributed by atoms with Crippen LogP contribution in [0, 0.1) is 0 Å². The summed E-state index contributed by atoms with van der Waals surface area (Å²) in [6.07, 6.45) is 1.96. The second kappa shape index (κ2) is 8.71. The molecule has 2 amide bonds. The Hall–Kier alpha value is -2.04. The average Bonchev–Trinajstić information content (AvgIpc) is 2.58. The molecule has 4 nitrogen and oxygen atoms in total. The van der Waals surface area contributed by atoms with Crippen molar-refractivity contribution >= 4 is 40.7 Å². The second-order valence-corrected chi connectivity index (χ2v) is 6.08. The smallest absolute Gasteiger partial charge is 0.255 e. The van der Waals surface area contributed by atoms with E-state index in [1.54, 1.807) is 42.5 Å². The number of nitrogens with one attached hydrogen (secondary N) is 2. The summed E-state index contributed by atoms with van der Waals surface area (Å²) < 4.78 is 0. The van der Waals surface area contributed by atoms with Crippen LogP contribution in [-0.4, -0.2) is 18.4 Å². The van der Waals surface area contributed by atoms with Gasteiger partial charge >= 0.3 is 0 Å². The fourth-order valence-corrected chi connectivity index (χ4v) is 2.33. The summed E-state index contributed by atoms with van der Waals surface area (Å²) in [5, 5.41) is 6.36. The molecule has 0 bridgehead atoms. The molecule has 0 heterocycles. The lowest BCUT2D eigenvalue weighted by Crippen LogP contribution is -2.24. The number of carbonyl (C=O) groups is 2. The molecule has 6 heteroatoms. The Kier molecular flexibility index (Phi) is 6.64. The molecule has 2 rings (SSSR count). The Labute approximate surface area is 151 Å². The number of benzene rings is 2. The number of halogens is 2. The first-order valence-corrected chi connectivity index (χ1v) is 8.41. The number of hydrogen-bond donors (Lipinski definition) is 2. The first-order chi connectivity index (χ1) is 11.5. The molecule has 0 saturated carbocycles. The third-order valence-corrected chi connectivity index (χ3v) is 4.14. The van der Waals surface area contributed by atoms with Gasteiger partial charge in [-0.15, -0.1) is 0 Å². The Morgan fingerprint density at radius 1 is 0.917 bits per heavy atom. The van der Waals surface area contributed by atoms with Crippen LogP contribution in [0.3, 0.4) is 0 Å². The SMILES string of the molecule is CCCCNC(=O)c1ccc(C(=O)Nc2ccc(Cl)c(Cl)c2)cc1. The van der Waals surface area contributed by atoms with Gasteiger partial charge in [0.15, 0.2) is 0 Å². The lowest BCUT2D eigenvalue weighted by Gasteiger charge is -2.08. The van der Waals surface area contributed by atoms with E-state index in [9.17, 15) is 9.59 Å². The summed E-state index contributed by atoms with van der Waals surface area (Å²) in [5.74, 6) is -0.425. The third-order valence-electron chi connectivity index (χ3n) is 3.40. The number of amides is 2. The van der Waals surface area contributed by atoms with E-state index in [0.29, 0.717) is 33.4 Å². The van der Waals surface area contributed by atoms with Gasteiger partial charge in [-0.25, -0.2) is 0 Å².